The van der Waals surface area contributed by atoms with Crippen LogP contribution < -0.4 is 5.32 Å². The van der Waals surface area contributed by atoms with Crippen LogP contribution in [0.2, 0.25) is 0 Å². The van der Waals surface area contributed by atoms with Crippen LogP contribution in [0, 0.1) is 0 Å². The van der Waals surface area contributed by atoms with Crippen LogP contribution in [-0.4, -0.2) is 22.7 Å². The van der Waals surface area contributed by atoms with E-state index >= 15 is 0 Å². The highest BCUT2D eigenvalue weighted by atomic mass is 16.4. The molecule has 0 aliphatic heterocycles. The predicted octanol–water partition coefficient (Wildman–Crippen LogP) is 2.94. The zero-order valence-electron chi connectivity index (χ0n) is 10.6. The van der Waals surface area contributed by atoms with Gasteiger partial charge in [0.05, 0.1) is 0 Å². The maximum absolute atomic E-state index is 11.2. The molecule has 0 aromatic rings. The summed E-state index contributed by atoms with van der Waals surface area (Å²) in [5.41, 5.74) is 0.0506. The Morgan fingerprint density at radius 1 is 1.38 bits per heavy atom. The van der Waals surface area contributed by atoms with Crippen LogP contribution in [0.4, 0.5) is 0 Å². The van der Waals surface area contributed by atoms with Crippen LogP contribution in [0.5, 0.6) is 0 Å². The minimum Gasteiger partial charge on any atom is -0.480 e. The molecule has 1 aliphatic carbocycles. The highest BCUT2D eigenvalue weighted by Gasteiger charge is 2.31. The lowest BCUT2D eigenvalue weighted by molar-refractivity contribution is -0.140. The van der Waals surface area contributed by atoms with Crippen molar-refractivity contribution in [3.8, 4) is 0 Å². The van der Waals surface area contributed by atoms with Crippen LogP contribution in [-0.2, 0) is 4.79 Å². The number of rotatable bonds is 6. The summed E-state index contributed by atoms with van der Waals surface area (Å²) in [7, 11) is 0. The van der Waals surface area contributed by atoms with Crippen molar-refractivity contribution >= 4 is 5.97 Å². The smallest absolute Gasteiger partial charge is 0.320 e. The second-order valence-corrected chi connectivity index (χ2v) is 5.30. The summed E-state index contributed by atoms with van der Waals surface area (Å²) in [5, 5.41) is 12.5. The standard InChI is InChI=1S/C13H25NO2/c1-3-4-8-11(12(15)16)14-13(2)9-6-5-7-10-13/h11,14H,3-10H2,1-2H3,(H,15,16). The number of carbonyl (C=O) groups is 1. The Hall–Kier alpha value is -0.570. The molecule has 1 saturated carbocycles. The van der Waals surface area contributed by atoms with E-state index in [9.17, 15) is 9.90 Å². The summed E-state index contributed by atoms with van der Waals surface area (Å²) in [4.78, 5) is 11.2. The van der Waals surface area contributed by atoms with E-state index in [0.29, 0.717) is 0 Å². The zero-order valence-corrected chi connectivity index (χ0v) is 10.6. The molecule has 94 valence electrons. The third-order valence-corrected chi connectivity index (χ3v) is 3.62. The zero-order chi connectivity index (χ0) is 12.0. The summed E-state index contributed by atoms with van der Waals surface area (Å²) < 4.78 is 0. The van der Waals surface area contributed by atoms with Crippen molar-refractivity contribution in [3.63, 3.8) is 0 Å². The van der Waals surface area contributed by atoms with Crippen molar-refractivity contribution < 1.29 is 9.90 Å². The van der Waals surface area contributed by atoms with Gasteiger partial charge < -0.3 is 5.11 Å². The van der Waals surface area contributed by atoms with Crippen molar-refractivity contribution in [1.82, 2.24) is 5.32 Å². The molecule has 3 nitrogen and oxygen atoms in total. The summed E-state index contributed by atoms with van der Waals surface area (Å²) >= 11 is 0. The summed E-state index contributed by atoms with van der Waals surface area (Å²) in [6, 6.07) is -0.358. The van der Waals surface area contributed by atoms with Gasteiger partial charge in [-0.05, 0) is 26.2 Å². The minimum absolute atomic E-state index is 0.0506. The molecule has 0 radical (unpaired) electrons. The van der Waals surface area contributed by atoms with Crippen LogP contribution in [0.25, 0.3) is 0 Å². The van der Waals surface area contributed by atoms with E-state index in [1.807, 2.05) is 0 Å². The van der Waals surface area contributed by atoms with Crippen LogP contribution in [0.15, 0.2) is 0 Å². The molecule has 1 aliphatic rings. The molecule has 1 fully saturated rings. The molecular weight excluding hydrogens is 202 g/mol. The fraction of sp³-hybridized carbons (Fsp3) is 0.923. The number of unbranched alkanes of at least 4 members (excludes halogenated alkanes) is 1. The lowest BCUT2D eigenvalue weighted by atomic mass is 9.82. The summed E-state index contributed by atoms with van der Waals surface area (Å²) in [6.07, 6.45) is 8.77. The Labute approximate surface area is 98.6 Å². The minimum atomic E-state index is -0.694. The molecule has 1 atom stereocenters. The topological polar surface area (TPSA) is 49.3 Å². The average Bonchev–Trinajstić information content (AvgIpc) is 2.25. The van der Waals surface area contributed by atoms with Gasteiger partial charge in [-0.1, -0.05) is 39.0 Å². The van der Waals surface area contributed by atoms with E-state index in [1.54, 1.807) is 0 Å². The number of aliphatic carboxylic acids is 1. The van der Waals surface area contributed by atoms with Crippen molar-refractivity contribution in [2.45, 2.75) is 76.8 Å². The first-order chi connectivity index (χ1) is 7.57. The Bertz CT molecular complexity index is 222. The highest BCUT2D eigenvalue weighted by molar-refractivity contribution is 5.73. The first-order valence-electron chi connectivity index (χ1n) is 6.58. The van der Waals surface area contributed by atoms with Crippen LogP contribution in [0.3, 0.4) is 0 Å². The second-order valence-electron chi connectivity index (χ2n) is 5.30. The molecule has 0 heterocycles. The molecule has 0 bridgehead atoms. The van der Waals surface area contributed by atoms with E-state index in [-0.39, 0.29) is 11.6 Å². The first kappa shape index (κ1) is 13.5. The molecule has 0 aromatic heterocycles. The molecule has 16 heavy (non-hydrogen) atoms. The van der Waals surface area contributed by atoms with Gasteiger partial charge in [0.25, 0.3) is 0 Å². The van der Waals surface area contributed by atoms with Gasteiger partial charge in [-0.3, -0.25) is 10.1 Å². The first-order valence-corrected chi connectivity index (χ1v) is 6.58. The fourth-order valence-corrected chi connectivity index (χ4v) is 2.56. The van der Waals surface area contributed by atoms with Gasteiger partial charge in [-0.15, -0.1) is 0 Å². The predicted molar refractivity (Wildman–Crippen MR) is 65.6 cm³/mol. The van der Waals surface area contributed by atoms with Crippen molar-refractivity contribution in [2.75, 3.05) is 0 Å². The largest absolute Gasteiger partial charge is 0.480 e. The fourth-order valence-electron chi connectivity index (χ4n) is 2.56. The highest BCUT2D eigenvalue weighted by Crippen LogP contribution is 2.28. The van der Waals surface area contributed by atoms with Gasteiger partial charge in [-0.2, -0.15) is 0 Å². The second kappa shape index (κ2) is 6.24. The maximum Gasteiger partial charge on any atom is 0.320 e. The third-order valence-electron chi connectivity index (χ3n) is 3.62. The SMILES string of the molecule is CCCCC(NC1(C)CCCCC1)C(=O)O. The van der Waals surface area contributed by atoms with Crippen molar-refractivity contribution in [3.05, 3.63) is 0 Å². The van der Waals surface area contributed by atoms with Gasteiger partial charge in [0.2, 0.25) is 0 Å². The van der Waals surface area contributed by atoms with Crippen LogP contribution >= 0.6 is 0 Å². The Balaban J connectivity index is 2.48. The summed E-state index contributed by atoms with van der Waals surface area (Å²) in [6.45, 7) is 4.27. The average molecular weight is 227 g/mol. The molecule has 1 unspecified atom stereocenters. The number of nitrogens with one attached hydrogen (secondary N) is 1. The monoisotopic (exact) mass is 227 g/mol. The molecule has 2 N–H and O–H groups in total. The van der Waals surface area contributed by atoms with Crippen LogP contribution in [0.1, 0.15) is 65.2 Å². The lowest BCUT2D eigenvalue weighted by Crippen LogP contribution is -2.52. The Morgan fingerprint density at radius 3 is 2.50 bits per heavy atom. The lowest BCUT2D eigenvalue weighted by Gasteiger charge is -2.37. The normalized spacial score (nSPS) is 21.6. The number of carboxylic acids is 1. The number of hydrogen-bond acceptors (Lipinski definition) is 2. The van der Waals surface area contributed by atoms with Gasteiger partial charge in [0.1, 0.15) is 6.04 Å². The number of carboxylic acid groups (broad SMARTS) is 1. The van der Waals surface area contributed by atoms with E-state index in [0.717, 1.165) is 32.1 Å². The van der Waals surface area contributed by atoms with E-state index in [1.165, 1.54) is 19.3 Å². The molecule has 0 spiro atoms. The molecule has 0 saturated heterocycles. The van der Waals surface area contributed by atoms with E-state index in [2.05, 4.69) is 19.2 Å². The number of hydrogen-bond donors (Lipinski definition) is 2. The van der Waals surface area contributed by atoms with E-state index in [4.69, 9.17) is 0 Å². The van der Waals surface area contributed by atoms with Crippen molar-refractivity contribution in [1.29, 1.82) is 0 Å². The Morgan fingerprint density at radius 2 is 2.00 bits per heavy atom. The Kier molecular flexibility index (Phi) is 5.26. The van der Waals surface area contributed by atoms with Crippen molar-refractivity contribution in [2.24, 2.45) is 0 Å². The maximum atomic E-state index is 11.2. The summed E-state index contributed by atoms with van der Waals surface area (Å²) in [5.74, 6) is -0.694. The third kappa shape index (κ3) is 4.12. The molecular formula is C13H25NO2. The molecule has 3 heteroatoms. The van der Waals surface area contributed by atoms with E-state index < -0.39 is 5.97 Å². The van der Waals surface area contributed by atoms with Gasteiger partial charge in [0, 0.05) is 5.54 Å². The van der Waals surface area contributed by atoms with Gasteiger partial charge in [-0.25, -0.2) is 0 Å². The van der Waals surface area contributed by atoms with Gasteiger partial charge >= 0.3 is 5.97 Å². The van der Waals surface area contributed by atoms with Gasteiger partial charge in [0.15, 0.2) is 0 Å². The molecule has 0 aromatic carbocycles. The quantitative estimate of drug-likeness (QED) is 0.733. The molecule has 0 amide bonds. The molecule has 1 rings (SSSR count).